The van der Waals surface area contributed by atoms with Crippen molar-refractivity contribution >= 4 is 12.0 Å². The highest BCUT2D eigenvalue weighted by Gasteiger charge is 2.03. The Hall–Kier alpha value is -2.75. The van der Waals surface area contributed by atoms with Gasteiger partial charge in [0.2, 0.25) is 5.91 Å². The topological polar surface area (TPSA) is 47.6 Å². The zero-order chi connectivity index (χ0) is 16.7. The molecule has 0 spiro atoms. The lowest BCUT2D eigenvalue weighted by molar-refractivity contribution is -0.116. The second kappa shape index (κ2) is 8.03. The monoisotopic (exact) mass is 311 g/mol. The van der Waals surface area contributed by atoms with Crippen molar-refractivity contribution in [2.24, 2.45) is 0 Å². The minimum Gasteiger partial charge on any atom is -0.493 e. The van der Waals surface area contributed by atoms with Gasteiger partial charge in [-0.3, -0.25) is 4.79 Å². The van der Waals surface area contributed by atoms with Gasteiger partial charge < -0.3 is 14.8 Å². The number of amides is 1. The van der Waals surface area contributed by atoms with E-state index in [1.807, 2.05) is 43.3 Å². The molecule has 2 rings (SSSR count). The summed E-state index contributed by atoms with van der Waals surface area (Å²) in [5.41, 5.74) is 3.13. The van der Waals surface area contributed by atoms with Crippen LogP contribution in [0.25, 0.3) is 6.08 Å². The summed E-state index contributed by atoms with van der Waals surface area (Å²) in [5.74, 6) is 1.16. The number of ether oxygens (including phenoxy) is 2. The number of hydrogen-bond donors (Lipinski definition) is 1. The molecular formula is C19H21NO3. The van der Waals surface area contributed by atoms with Gasteiger partial charge >= 0.3 is 0 Å². The van der Waals surface area contributed by atoms with E-state index >= 15 is 0 Å². The number of carbonyl (C=O) groups excluding carboxylic acids is 1. The first kappa shape index (κ1) is 16.6. The molecule has 0 unspecified atom stereocenters. The molecule has 1 N–H and O–H groups in total. The molecule has 0 saturated carbocycles. The zero-order valence-corrected chi connectivity index (χ0v) is 13.6. The van der Waals surface area contributed by atoms with E-state index in [-0.39, 0.29) is 5.91 Å². The van der Waals surface area contributed by atoms with E-state index in [0.29, 0.717) is 18.0 Å². The first-order valence-electron chi connectivity index (χ1n) is 7.36. The van der Waals surface area contributed by atoms with Crippen LogP contribution in [0.3, 0.4) is 0 Å². The van der Waals surface area contributed by atoms with Crippen LogP contribution in [0.4, 0.5) is 0 Å². The van der Waals surface area contributed by atoms with Gasteiger partial charge in [0.1, 0.15) is 0 Å². The molecule has 0 radical (unpaired) electrons. The summed E-state index contributed by atoms with van der Waals surface area (Å²) >= 11 is 0. The minimum atomic E-state index is -0.138. The lowest BCUT2D eigenvalue weighted by Gasteiger charge is -2.07. The van der Waals surface area contributed by atoms with Crippen molar-refractivity contribution in [3.8, 4) is 11.5 Å². The van der Waals surface area contributed by atoms with E-state index < -0.39 is 0 Å². The molecule has 0 fully saturated rings. The second-order valence-electron chi connectivity index (χ2n) is 5.15. The zero-order valence-electron chi connectivity index (χ0n) is 13.6. The van der Waals surface area contributed by atoms with Gasteiger partial charge in [-0.05, 0) is 36.3 Å². The standard InChI is InChI=1S/C19H21NO3/c1-14-5-4-6-16(11-14)13-20-19(21)10-8-15-7-9-17(22-2)18(12-15)23-3/h4-12H,13H2,1-3H3,(H,20,21)/b10-8+. The highest BCUT2D eigenvalue weighted by atomic mass is 16.5. The van der Waals surface area contributed by atoms with Gasteiger partial charge in [-0.25, -0.2) is 0 Å². The van der Waals surface area contributed by atoms with Crippen molar-refractivity contribution in [3.63, 3.8) is 0 Å². The van der Waals surface area contributed by atoms with Gasteiger partial charge in [0.15, 0.2) is 11.5 Å². The summed E-state index contributed by atoms with van der Waals surface area (Å²) < 4.78 is 10.4. The fourth-order valence-corrected chi connectivity index (χ4v) is 2.20. The molecule has 0 aromatic heterocycles. The van der Waals surface area contributed by atoms with Crippen LogP contribution in [0.15, 0.2) is 48.5 Å². The normalized spacial score (nSPS) is 10.6. The molecule has 4 heteroatoms. The summed E-state index contributed by atoms with van der Waals surface area (Å²) in [6.07, 6.45) is 3.25. The van der Waals surface area contributed by atoms with Crippen molar-refractivity contribution in [2.45, 2.75) is 13.5 Å². The molecule has 4 nitrogen and oxygen atoms in total. The lowest BCUT2D eigenvalue weighted by atomic mass is 10.1. The summed E-state index contributed by atoms with van der Waals surface area (Å²) in [6, 6.07) is 13.6. The molecule has 0 atom stereocenters. The number of benzene rings is 2. The molecule has 0 aliphatic heterocycles. The fourth-order valence-electron chi connectivity index (χ4n) is 2.20. The van der Waals surface area contributed by atoms with E-state index in [0.717, 1.165) is 11.1 Å². The Bertz CT molecular complexity index is 708. The van der Waals surface area contributed by atoms with Gasteiger partial charge in [-0.2, -0.15) is 0 Å². The fraction of sp³-hybridized carbons (Fsp3) is 0.211. The Labute approximate surface area is 136 Å². The van der Waals surface area contributed by atoms with Crippen molar-refractivity contribution in [1.82, 2.24) is 5.32 Å². The Kier molecular flexibility index (Phi) is 5.80. The molecule has 2 aromatic rings. The van der Waals surface area contributed by atoms with Crippen LogP contribution >= 0.6 is 0 Å². The maximum atomic E-state index is 11.9. The smallest absolute Gasteiger partial charge is 0.244 e. The van der Waals surface area contributed by atoms with Gasteiger partial charge in [-0.15, -0.1) is 0 Å². The average molecular weight is 311 g/mol. The van der Waals surface area contributed by atoms with E-state index in [2.05, 4.69) is 11.4 Å². The molecule has 0 aliphatic carbocycles. The van der Waals surface area contributed by atoms with Crippen LogP contribution in [0.2, 0.25) is 0 Å². The third-order valence-electron chi connectivity index (χ3n) is 3.38. The Morgan fingerprint density at radius 1 is 1.09 bits per heavy atom. The number of methoxy groups -OCH3 is 2. The van der Waals surface area contributed by atoms with Gasteiger partial charge in [0, 0.05) is 12.6 Å². The molecule has 120 valence electrons. The first-order chi connectivity index (χ1) is 11.1. The van der Waals surface area contributed by atoms with Crippen molar-refractivity contribution in [3.05, 3.63) is 65.2 Å². The third kappa shape index (κ3) is 4.88. The molecule has 0 aliphatic rings. The second-order valence-corrected chi connectivity index (χ2v) is 5.15. The summed E-state index contributed by atoms with van der Waals surface area (Å²) in [4.78, 5) is 11.9. The number of aryl methyl sites for hydroxylation is 1. The Balaban J connectivity index is 1.95. The summed E-state index contributed by atoms with van der Waals surface area (Å²) in [7, 11) is 3.17. The van der Waals surface area contributed by atoms with Gasteiger partial charge in [0.25, 0.3) is 0 Å². The van der Waals surface area contributed by atoms with Gasteiger partial charge in [0.05, 0.1) is 14.2 Å². The van der Waals surface area contributed by atoms with Crippen LogP contribution in [-0.2, 0) is 11.3 Å². The third-order valence-corrected chi connectivity index (χ3v) is 3.38. The van der Waals surface area contributed by atoms with E-state index in [9.17, 15) is 4.79 Å². The van der Waals surface area contributed by atoms with E-state index in [1.54, 1.807) is 20.3 Å². The van der Waals surface area contributed by atoms with Crippen LogP contribution in [0.1, 0.15) is 16.7 Å². The number of carbonyl (C=O) groups is 1. The Morgan fingerprint density at radius 2 is 1.87 bits per heavy atom. The van der Waals surface area contributed by atoms with Crippen LogP contribution < -0.4 is 14.8 Å². The van der Waals surface area contributed by atoms with Crippen molar-refractivity contribution in [1.29, 1.82) is 0 Å². The van der Waals surface area contributed by atoms with E-state index in [4.69, 9.17) is 9.47 Å². The lowest BCUT2D eigenvalue weighted by Crippen LogP contribution is -2.20. The summed E-state index contributed by atoms with van der Waals surface area (Å²) in [6.45, 7) is 2.54. The van der Waals surface area contributed by atoms with Crippen molar-refractivity contribution < 1.29 is 14.3 Å². The number of hydrogen-bond acceptors (Lipinski definition) is 3. The largest absolute Gasteiger partial charge is 0.493 e. The average Bonchev–Trinajstić information content (AvgIpc) is 2.57. The molecule has 23 heavy (non-hydrogen) atoms. The number of rotatable bonds is 6. The van der Waals surface area contributed by atoms with Crippen LogP contribution in [0, 0.1) is 6.92 Å². The quantitative estimate of drug-likeness (QED) is 0.832. The predicted octanol–water partition coefficient (Wildman–Crippen LogP) is 3.34. The van der Waals surface area contributed by atoms with Crippen molar-refractivity contribution in [2.75, 3.05) is 14.2 Å². The van der Waals surface area contributed by atoms with E-state index in [1.165, 1.54) is 11.6 Å². The molecule has 0 heterocycles. The van der Waals surface area contributed by atoms with Crippen LogP contribution in [-0.4, -0.2) is 20.1 Å². The molecular weight excluding hydrogens is 290 g/mol. The first-order valence-corrected chi connectivity index (χ1v) is 7.36. The highest BCUT2D eigenvalue weighted by Crippen LogP contribution is 2.27. The maximum absolute atomic E-state index is 11.9. The van der Waals surface area contributed by atoms with Crippen LogP contribution in [0.5, 0.6) is 11.5 Å². The summed E-state index contributed by atoms with van der Waals surface area (Å²) in [5, 5.41) is 2.87. The van der Waals surface area contributed by atoms with Gasteiger partial charge in [-0.1, -0.05) is 35.9 Å². The number of nitrogens with one attached hydrogen (secondary N) is 1. The predicted molar refractivity (Wildman–Crippen MR) is 91.6 cm³/mol. The molecule has 2 aromatic carbocycles. The minimum absolute atomic E-state index is 0.138. The SMILES string of the molecule is COc1ccc(/C=C/C(=O)NCc2cccc(C)c2)cc1OC. The Morgan fingerprint density at radius 3 is 2.57 bits per heavy atom. The molecule has 0 saturated heterocycles. The highest BCUT2D eigenvalue weighted by molar-refractivity contribution is 5.91. The molecule has 0 bridgehead atoms. The maximum Gasteiger partial charge on any atom is 0.244 e. The molecule has 1 amide bonds.